The number of aromatic nitrogens is 3. The van der Waals surface area contributed by atoms with E-state index >= 15 is 0 Å². The number of nitrogens with zero attached hydrogens (tertiary/aromatic N) is 4. The lowest BCUT2D eigenvalue weighted by molar-refractivity contribution is 0.890. The van der Waals surface area contributed by atoms with Crippen LogP contribution >= 0.6 is 11.3 Å². The summed E-state index contributed by atoms with van der Waals surface area (Å²) in [4.78, 5) is 5.16. The van der Waals surface area contributed by atoms with Crippen LogP contribution in [0.4, 0.5) is 0 Å². The minimum absolute atomic E-state index is 0.572. The highest BCUT2D eigenvalue weighted by Crippen LogP contribution is 2.41. The molecule has 0 saturated heterocycles. The van der Waals surface area contributed by atoms with Crippen LogP contribution in [0.5, 0.6) is 0 Å². The fourth-order valence-corrected chi connectivity index (χ4v) is 2.60. The lowest BCUT2D eigenvalue weighted by Crippen LogP contribution is -1.90. The average molecular weight is 204 g/mol. The van der Waals surface area contributed by atoms with Gasteiger partial charge >= 0.3 is 0 Å². The van der Waals surface area contributed by atoms with Gasteiger partial charge in [0.2, 0.25) is 4.96 Å². The predicted molar refractivity (Wildman–Crippen MR) is 52.3 cm³/mol. The maximum atomic E-state index is 8.92. The number of nitriles is 1. The summed E-state index contributed by atoms with van der Waals surface area (Å²) in [5.74, 6) is 0.633. The molecule has 1 saturated carbocycles. The Labute approximate surface area is 84.8 Å². The van der Waals surface area contributed by atoms with Crippen LogP contribution in [0.15, 0.2) is 0 Å². The molecular formula is C9H8N4S. The van der Waals surface area contributed by atoms with Gasteiger partial charge in [-0.15, -0.1) is 0 Å². The Morgan fingerprint density at radius 1 is 1.57 bits per heavy atom. The van der Waals surface area contributed by atoms with Gasteiger partial charge in [0.25, 0.3) is 0 Å². The Hall–Kier alpha value is -1.41. The molecule has 2 aromatic rings. The van der Waals surface area contributed by atoms with Crippen molar-refractivity contribution in [3.63, 3.8) is 0 Å². The zero-order chi connectivity index (χ0) is 9.71. The lowest BCUT2D eigenvalue weighted by atomic mass is 10.4. The number of hydrogen-bond donors (Lipinski definition) is 0. The third-order valence-electron chi connectivity index (χ3n) is 2.43. The van der Waals surface area contributed by atoms with Gasteiger partial charge in [-0.1, -0.05) is 11.3 Å². The van der Waals surface area contributed by atoms with Gasteiger partial charge in [-0.25, -0.2) is 4.98 Å². The van der Waals surface area contributed by atoms with E-state index in [2.05, 4.69) is 16.2 Å². The molecular weight excluding hydrogens is 196 g/mol. The molecule has 0 amide bonds. The molecule has 2 heterocycles. The van der Waals surface area contributed by atoms with E-state index in [1.165, 1.54) is 12.8 Å². The minimum Gasteiger partial charge on any atom is -0.221 e. The second kappa shape index (κ2) is 2.55. The van der Waals surface area contributed by atoms with E-state index in [4.69, 9.17) is 5.26 Å². The molecule has 1 aliphatic carbocycles. The summed E-state index contributed by atoms with van der Waals surface area (Å²) in [5, 5.41) is 14.5. The van der Waals surface area contributed by atoms with Crippen LogP contribution in [0.2, 0.25) is 0 Å². The summed E-state index contributed by atoms with van der Waals surface area (Å²) in [5.41, 5.74) is 1.34. The standard InChI is InChI=1S/C9H8N4S/c1-5-7(4-10)13-9(11-5)14-8(12-13)6-2-3-6/h6H,2-3H2,1H3. The summed E-state index contributed by atoms with van der Waals surface area (Å²) >= 11 is 1.61. The first-order chi connectivity index (χ1) is 6.79. The van der Waals surface area contributed by atoms with Crippen molar-refractivity contribution in [3.05, 3.63) is 16.4 Å². The van der Waals surface area contributed by atoms with Crippen molar-refractivity contribution < 1.29 is 0 Å². The van der Waals surface area contributed by atoms with Gasteiger partial charge < -0.3 is 0 Å². The van der Waals surface area contributed by atoms with E-state index in [0.29, 0.717) is 11.6 Å². The minimum atomic E-state index is 0.572. The fourth-order valence-electron chi connectivity index (χ4n) is 1.49. The Balaban J connectivity index is 2.25. The second-order valence-corrected chi connectivity index (χ2v) is 4.55. The average Bonchev–Trinajstić information content (AvgIpc) is 2.85. The summed E-state index contributed by atoms with van der Waals surface area (Å²) in [6.45, 7) is 1.84. The van der Waals surface area contributed by atoms with Crippen molar-refractivity contribution in [3.8, 4) is 6.07 Å². The van der Waals surface area contributed by atoms with E-state index in [1.54, 1.807) is 15.9 Å². The molecule has 1 fully saturated rings. The Bertz CT molecular complexity index is 541. The van der Waals surface area contributed by atoms with Crippen LogP contribution < -0.4 is 0 Å². The first kappa shape index (κ1) is 7.94. The molecule has 0 radical (unpaired) electrons. The van der Waals surface area contributed by atoms with Gasteiger partial charge in [-0.2, -0.15) is 14.9 Å². The fraction of sp³-hybridized carbons (Fsp3) is 0.444. The van der Waals surface area contributed by atoms with Gasteiger partial charge in [-0.3, -0.25) is 0 Å². The lowest BCUT2D eigenvalue weighted by Gasteiger charge is -1.86. The van der Waals surface area contributed by atoms with Gasteiger partial charge in [0, 0.05) is 5.92 Å². The molecule has 4 nitrogen and oxygen atoms in total. The molecule has 0 unspecified atom stereocenters. The number of hydrogen-bond acceptors (Lipinski definition) is 4. The molecule has 3 rings (SSSR count). The highest BCUT2D eigenvalue weighted by molar-refractivity contribution is 7.16. The molecule has 70 valence electrons. The maximum absolute atomic E-state index is 8.92. The van der Waals surface area contributed by atoms with Gasteiger partial charge in [0.15, 0.2) is 5.69 Å². The molecule has 0 spiro atoms. The Kier molecular flexibility index (Phi) is 1.45. The van der Waals surface area contributed by atoms with E-state index in [-0.39, 0.29) is 0 Å². The summed E-state index contributed by atoms with van der Waals surface area (Å²) in [6, 6.07) is 2.14. The van der Waals surface area contributed by atoms with Gasteiger partial charge in [0.05, 0.1) is 5.69 Å². The van der Waals surface area contributed by atoms with E-state index in [9.17, 15) is 0 Å². The third-order valence-corrected chi connectivity index (χ3v) is 3.50. The molecule has 0 N–H and O–H groups in total. The van der Waals surface area contributed by atoms with E-state index in [0.717, 1.165) is 15.7 Å². The van der Waals surface area contributed by atoms with Crippen molar-refractivity contribution in [2.24, 2.45) is 0 Å². The van der Waals surface area contributed by atoms with Crippen LogP contribution in [0.25, 0.3) is 4.96 Å². The van der Waals surface area contributed by atoms with E-state index in [1.807, 2.05) is 6.92 Å². The van der Waals surface area contributed by atoms with Crippen LogP contribution in [0.1, 0.15) is 35.2 Å². The van der Waals surface area contributed by atoms with Crippen LogP contribution in [0.3, 0.4) is 0 Å². The zero-order valence-electron chi connectivity index (χ0n) is 7.69. The second-order valence-electron chi connectivity index (χ2n) is 3.57. The summed E-state index contributed by atoms with van der Waals surface area (Å²) in [6.07, 6.45) is 2.47. The molecule has 5 heteroatoms. The van der Waals surface area contributed by atoms with Crippen molar-refractivity contribution >= 4 is 16.3 Å². The SMILES string of the molecule is Cc1nc2sc(C3CC3)nn2c1C#N. The maximum Gasteiger partial charge on any atom is 0.213 e. The molecule has 2 aromatic heterocycles. The highest BCUT2D eigenvalue weighted by atomic mass is 32.1. The monoisotopic (exact) mass is 204 g/mol. The molecule has 0 aliphatic heterocycles. The molecule has 0 atom stereocenters. The van der Waals surface area contributed by atoms with Crippen LogP contribution in [0, 0.1) is 18.3 Å². The summed E-state index contributed by atoms with van der Waals surface area (Å²) in [7, 11) is 0. The largest absolute Gasteiger partial charge is 0.221 e. The third kappa shape index (κ3) is 0.976. The predicted octanol–water partition coefficient (Wildman–Crippen LogP) is 1.85. The quantitative estimate of drug-likeness (QED) is 0.712. The van der Waals surface area contributed by atoms with Crippen molar-refractivity contribution in [2.45, 2.75) is 25.7 Å². The molecule has 1 aliphatic rings. The highest BCUT2D eigenvalue weighted by Gasteiger charge is 2.28. The van der Waals surface area contributed by atoms with Crippen molar-refractivity contribution in [2.75, 3.05) is 0 Å². The molecule has 0 aromatic carbocycles. The summed E-state index contributed by atoms with van der Waals surface area (Å²) < 4.78 is 1.67. The van der Waals surface area contributed by atoms with Crippen LogP contribution in [-0.2, 0) is 0 Å². The van der Waals surface area contributed by atoms with Crippen molar-refractivity contribution in [1.29, 1.82) is 5.26 Å². The number of rotatable bonds is 1. The Morgan fingerprint density at radius 2 is 2.36 bits per heavy atom. The Morgan fingerprint density at radius 3 is 3.00 bits per heavy atom. The number of fused-ring (bicyclic) bond motifs is 1. The molecule has 14 heavy (non-hydrogen) atoms. The normalized spacial score (nSPS) is 16.0. The van der Waals surface area contributed by atoms with Gasteiger partial charge in [0.1, 0.15) is 11.1 Å². The van der Waals surface area contributed by atoms with Gasteiger partial charge in [-0.05, 0) is 19.8 Å². The smallest absolute Gasteiger partial charge is 0.213 e. The molecule has 0 bridgehead atoms. The van der Waals surface area contributed by atoms with E-state index < -0.39 is 0 Å². The van der Waals surface area contributed by atoms with Crippen molar-refractivity contribution in [1.82, 2.24) is 14.6 Å². The first-order valence-electron chi connectivity index (χ1n) is 4.56. The number of aryl methyl sites for hydroxylation is 1. The zero-order valence-corrected chi connectivity index (χ0v) is 8.51. The topological polar surface area (TPSA) is 54.0 Å². The first-order valence-corrected chi connectivity index (χ1v) is 5.37. The van der Waals surface area contributed by atoms with Crippen LogP contribution in [-0.4, -0.2) is 14.6 Å². The number of imidazole rings is 1.